The molecule has 0 aromatic heterocycles. The van der Waals surface area contributed by atoms with Gasteiger partial charge in [-0.1, -0.05) is 23.5 Å². The molecule has 3 atom stereocenters. The van der Waals surface area contributed by atoms with Crippen LogP contribution in [-0.4, -0.2) is 38.0 Å². The van der Waals surface area contributed by atoms with Gasteiger partial charge in [-0.25, -0.2) is 0 Å². The molecular formula is C7H12OS5. The maximum atomic E-state index is 5.84. The van der Waals surface area contributed by atoms with E-state index in [0.717, 1.165) is 18.1 Å². The second kappa shape index (κ2) is 4.70. The predicted molar refractivity (Wildman–Crippen MR) is 71.6 cm³/mol. The Labute approximate surface area is 103 Å². The zero-order valence-electron chi connectivity index (χ0n) is 7.01. The first kappa shape index (κ1) is 11.2. The van der Waals surface area contributed by atoms with Gasteiger partial charge in [-0.3, -0.25) is 0 Å². The molecule has 0 N–H and O–H groups in total. The highest BCUT2D eigenvalue weighted by Crippen LogP contribution is 2.60. The Morgan fingerprint density at radius 2 is 1.92 bits per heavy atom. The van der Waals surface area contributed by atoms with Gasteiger partial charge in [-0.15, -0.1) is 11.8 Å². The van der Waals surface area contributed by atoms with Crippen molar-refractivity contribution in [3.05, 3.63) is 0 Å². The number of hydrogen-bond donors (Lipinski definition) is 2. The molecule has 0 amide bonds. The van der Waals surface area contributed by atoms with Gasteiger partial charge < -0.3 is 4.74 Å². The quantitative estimate of drug-likeness (QED) is 0.747. The van der Waals surface area contributed by atoms with Crippen LogP contribution in [0.15, 0.2) is 0 Å². The maximum absolute atomic E-state index is 5.84. The van der Waals surface area contributed by atoms with Crippen LogP contribution in [0.5, 0.6) is 0 Å². The lowest BCUT2D eigenvalue weighted by Crippen LogP contribution is -2.11. The molecule has 3 unspecified atom stereocenters. The van der Waals surface area contributed by atoms with Gasteiger partial charge in [-0.2, -0.15) is 25.3 Å². The molecule has 1 nitrogen and oxygen atoms in total. The molecule has 6 heteroatoms. The van der Waals surface area contributed by atoms with E-state index in [1.165, 1.54) is 5.75 Å². The van der Waals surface area contributed by atoms with Gasteiger partial charge in [0, 0.05) is 27.8 Å². The van der Waals surface area contributed by atoms with Crippen LogP contribution >= 0.6 is 60.5 Å². The van der Waals surface area contributed by atoms with Crippen LogP contribution < -0.4 is 0 Å². The molecule has 2 saturated heterocycles. The highest BCUT2D eigenvalue weighted by atomic mass is 32.3. The normalized spacial score (nSPS) is 44.8. The monoisotopic (exact) mass is 272 g/mol. The molecule has 76 valence electrons. The fourth-order valence-corrected chi connectivity index (χ4v) is 7.43. The van der Waals surface area contributed by atoms with Crippen molar-refractivity contribution in [3.63, 3.8) is 0 Å². The number of thiol groups is 2. The minimum absolute atomic E-state index is 0.0131. The summed E-state index contributed by atoms with van der Waals surface area (Å²) in [5, 5.41) is 1.22. The molecule has 0 bridgehead atoms. The van der Waals surface area contributed by atoms with Gasteiger partial charge in [0.15, 0.2) is 0 Å². The van der Waals surface area contributed by atoms with Crippen molar-refractivity contribution in [2.45, 2.75) is 14.1 Å². The van der Waals surface area contributed by atoms with E-state index in [1.54, 1.807) is 0 Å². The summed E-state index contributed by atoms with van der Waals surface area (Å²) in [5.41, 5.74) is 0. The fourth-order valence-electron chi connectivity index (χ4n) is 1.25. The second-order valence-electron chi connectivity index (χ2n) is 2.97. The van der Waals surface area contributed by atoms with E-state index in [0.29, 0.717) is 10.5 Å². The van der Waals surface area contributed by atoms with E-state index < -0.39 is 0 Å². The average Bonchev–Trinajstić information content (AvgIpc) is 2.74. The Bertz CT molecular complexity index is 168. The lowest BCUT2D eigenvalue weighted by atomic mass is 10.5. The highest BCUT2D eigenvalue weighted by molar-refractivity contribution is 8.36. The summed E-state index contributed by atoms with van der Waals surface area (Å²) in [7, 11) is 0. The summed E-state index contributed by atoms with van der Waals surface area (Å²) in [6.45, 7) is 0.855. The summed E-state index contributed by atoms with van der Waals surface area (Å²) in [6, 6.07) is 0. The highest BCUT2D eigenvalue weighted by Gasteiger charge is 2.48. The topological polar surface area (TPSA) is 9.23 Å². The molecule has 2 fully saturated rings. The van der Waals surface area contributed by atoms with E-state index in [-0.39, 0.29) is 3.60 Å². The average molecular weight is 273 g/mol. The molecule has 2 aliphatic heterocycles. The molecule has 2 aliphatic rings. The lowest BCUT2D eigenvalue weighted by molar-refractivity contribution is 0.168. The first-order valence-corrected chi connectivity index (χ1v) is 8.14. The second-order valence-corrected chi connectivity index (χ2v) is 8.62. The number of hydrogen-bond acceptors (Lipinski definition) is 6. The predicted octanol–water partition coefficient (Wildman–Crippen LogP) is 2.44. The van der Waals surface area contributed by atoms with Crippen LogP contribution in [-0.2, 0) is 4.74 Å². The minimum Gasteiger partial charge on any atom is -0.345 e. The fraction of sp³-hybridized carbons (Fsp3) is 1.00. The molecule has 2 rings (SSSR count). The van der Waals surface area contributed by atoms with Gasteiger partial charge in [0.25, 0.3) is 0 Å². The van der Waals surface area contributed by atoms with E-state index in [4.69, 9.17) is 4.74 Å². The van der Waals surface area contributed by atoms with Crippen LogP contribution in [0, 0.1) is 0 Å². The first-order valence-electron chi connectivity index (χ1n) is 4.13. The molecule has 0 saturated carbocycles. The largest absolute Gasteiger partial charge is 0.345 e. The Morgan fingerprint density at radius 3 is 2.46 bits per heavy atom. The van der Waals surface area contributed by atoms with Crippen LogP contribution in [0.25, 0.3) is 0 Å². The summed E-state index contributed by atoms with van der Waals surface area (Å²) >= 11 is 14.4. The third-order valence-electron chi connectivity index (χ3n) is 1.92. The first-order chi connectivity index (χ1) is 6.28. The Balaban J connectivity index is 1.93. The van der Waals surface area contributed by atoms with Crippen LogP contribution in [0.2, 0.25) is 0 Å². The Morgan fingerprint density at radius 1 is 1.23 bits per heavy atom. The molecule has 0 aromatic carbocycles. The van der Waals surface area contributed by atoms with E-state index in [9.17, 15) is 0 Å². The van der Waals surface area contributed by atoms with Crippen molar-refractivity contribution in [1.29, 1.82) is 0 Å². The molecular weight excluding hydrogens is 260 g/mol. The molecule has 0 aromatic rings. The van der Waals surface area contributed by atoms with Gasteiger partial charge in [-0.05, 0) is 0 Å². The van der Waals surface area contributed by atoms with Gasteiger partial charge in [0.2, 0.25) is 3.60 Å². The van der Waals surface area contributed by atoms with Crippen LogP contribution in [0.1, 0.15) is 0 Å². The zero-order valence-corrected chi connectivity index (χ0v) is 11.2. The third-order valence-corrected chi connectivity index (χ3v) is 8.53. The standard InChI is InChI=1S/C7H12OS5/c9-2-5-1-8-7(12-5)11-4-6(3-10)13-7/h5-6,9-10H,1-4H2. The van der Waals surface area contributed by atoms with Crippen molar-refractivity contribution in [3.8, 4) is 0 Å². The summed E-state index contributed by atoms with van der Waals surface area (Å²) < 4.78 is 5.83. The van der Waals surface area contributed by atoms with Crippen molar-refractivity contribution in [2.75, 3.05) is 23.9 Å². The summed E-state index contributed by atoms with van der Waals surface area (Å²) in [5.74, 6) is 3.04. The molecule has 1 spiro atoms. The SMILES string of the molecule is SCC1COC2(SCC(CS)S2)S1. The van der Waals surface area contributed by atoms with Crippen molar-refractivity contribution in [1.82, 2.24) is 0 Å². The summed E-state index contributed by atoms with van der Waals surface area (Å²) in [6.07, 6.45) is 0. The van der Waals surface area contributed by atoms with Crippen LogP contribution in [0.4, 0.5) is 0 Å². The lowest BCUT2D eigenvalue weighted by Gasteiger charge is -2.19. The van der Waals surface area contributed by atoms with Crippen molar-refractivity contribution in [2.24, 2.45) is 0 Å². The van der Waals surface area contributed by atoms with E-state index >= 15 is 0 Å². The third kappa shape index (κ3) is 2.45. The molecule has 0 aliphatic carbocycles. The number of ether oxygens (including phenoxy) is 1. The van der Waals surface area contributed by atoms with E-state index in [2.05, 4.69) is 25.3 Å². The van der Waals surface area contributed by atoms with Crippen molar-refractivity contribution >= 4 is 60.5 Å². The molecule has 13 heavy (non-hydrogen) atoms. The number of thioether (sulfide) groups is 3. The van der Waals surface area contributed by atoms with Gasteiger partial charge >= 0.3 is 0 Å². The van der Waals surface area contributed by atoms with E-state index in [1.807, 2.05) is 35.3 Å². The van der Waals surface area contributed by atoms with Gasteiger partial charge in [0.05, 0.1) is 6.61 Å². The molecule has 2 heterocycles. The smallest absolute Gasteiger partial charge is 0.209 e. The van der Waals surface area contributed by atoms with Crippen LogP contribution in [0.3, 0.4) is 0 Å². The van der Waals surface area contributed by atoms with Gasteiger partial charge in [0.1, 0.15) is 0 Å². The zero-order chi connectivity index (χ0) is 9.31. The van der Waals surface area contributed by atoms with Crippen molar-refractivity contribution < 1.29 is 4.74 Å². The maximum Gasteiger partial charge on any atom is 0.209 e. The Hall–Kier alpha value is 1.71. The number of rotatable bonds is 2. The summed E-state index contributed by atoms with van der Waals surface area (Å²) in [4.78, 5) is 0. The molecule has 0 radical (unpaired) electrons. The Kier molecular flexibility index (Phi) is 4.05. The minimum atomic E-state index is -0.0131.